The van der Waals surface area contributed by atoms with Crippen LogP contribution in [-0.2, 0) is 0 Å². The molecule has 1 fully saturated rings. The van der Waals surface area contributed by atoms with Crippen molar-refractivity contribution >= 4 is 21.8 Å². The fraction of sp³-hybridized carbons (Fsp3) is 0.692. The van der Waals surface area contributed by atoms with Crippen LogP contribution >= 0.6 is 15.9 Å². The van der Waals surface area contributed by atoms with Crippen molar-refractivity contribution in [3.8, 4) is 0 Å². The van der Waals surface area contributed by atoms with Crippen LogP contribution in [0.3, 0.4) is 0 Å². The molecule has 1 aliphatic carbocycles. The molecular weight excluding hydrogens is 296 g/mol. The maximum Gasteiger partial charge on any atom is 0.273 e. The number of hydrogen-bond donors (Lipinski definition) is 1. The zero-order chi connectivity index (χ0) is 13.0. The highest BCUT2D eigenvalue weighted by Gasteiger charge is 2.31. The van der Waals surface area contributed by atoms with Crippen LogP contribution in [0.1, 0.15) is 48.4 Å². The number of aromatic nitrogens is 1. The van der Waals surface area contributed by atoms with E-state index in [0.717, 1.165) is 5.33 Å². The quantitative estimate of drug-likeness (QED) is 0.869. The minimum Gasteiger partial charge on any atom is -0.361 e. The Labute approximate surface area is 116 Å². The molecule has 0 saturated heterocycles. The lowest BCUT2D eigenvalue weighted by molar-refractivity contribution is 0.0913. The van der Waals surface area contributed by atoms with Crippen molar-refractivity contribution in [1.82, 2.24) is 10.5 Å². The van der Waals surface area contributed by atoms with Crippen molar-refractivity contribution in [2.75, 3.05) is 11.9 Å². The molecule has 2 rings (SSSR count). The van der Waals surface area contributed by atoms with Gasteiger partial charge < -0.3 is 9.84 Å². The number of halogens is 1. The van der Waals surface area contributed by atoms with Crippen LogP contribution in [0.4, 0.5) is 0 Å². The van der Waals surface area contributed by atoms with Gasteiger partial charge in [0.1, 0.15) is 5.76 Å². The Balaban J connectivity index is 1.91. The summed E-state index contributed by atoms with van der Waals surface area (Å²) in [6.45, 7) is 2.49. The van der Waals surface area contributed by atoms with E-state index in [4.69, 9.17) is 4.52 Å². The number of rotatable bonds is 4. The van der Waals surface area contributed by atoms with Gasteiger partial charge in [0.15, 0.2) is 5.69 Å². The van der Waals surface area contributed by atoms with E-state index in [9.17, 15) is 4.79 Å². The second-order valence-electron chi connectivity index (χ2n) is 5.20. The molecule has 1 amide bonds. The van der Waals surface area contributed by atoms with Crippen LogP contribution < -0.4 is 5.32 Å². The van der Waals surface area contributed by atoms with Crippen LogP contribution in [0.2, 0.25) is 0 Å². The monoisotopic (exact) mass is 314 g/mol. The van der Waals surface area contributed by atoms with Crippen molar-refractivity contribution < 1.29 is 9.32 Å². The standard InChI is InChI=1S/C13H19BrN2O2/c1-10-7-11(16-18-10)12(17)15-9-13(8-14)5-3-2-4-6-13/h7H,2-6,8-9H2,1H3,(H,15,17). The molecule has 0 atom stereocenters. The Morgan fingerprint density at radius 3 is 2.78 bits per heavy atom. The van der Waals surface area contributed by atoms with Crippen LogP contribution in [0.5, 0.6) is 0 Å². The third-order valence-corrected chi connectivity index (χ3v) is 4.87. The van der Waals surface area contributed by atoms with Gasteiger partial charge in [0, 0.05) is 17.9 Å². The van der Waals surface area contributed by atoms with Crippen LogP contribution in [0, 0.1) is 12.3 Å². The molecule has 1 aromatic rings. The first-order chi connectivity index (χ1) is 8.65. The third kappa shape index (κ3) is 3.13. The number of carbonyl (C=O) groups is 1. The molecule has 0 spiro atoms. The van der Waals surface area contributed by atoms with E-state index in [1.807, 2.05) is 0 Å². The maximum absolute atomic E-state index is 11.9. The Bertz CT molecular complexity index is 411. The van der Waals surface area contributed by atoms with E-state index in [1.54, 1.807) is 13.0 Å². The van der Waals surface area contributed by atoms with Crippen molar-refractivity contribution in [3.63, 3.8) is 0 Å². The minimum absolute atomic E-state index is 0.141. The SMILES string of the molecule is Cc1cc(C(=O)NCC2(CBr)CCCCC2)no1. The summed E-state index contributed by atoms with van der Waals surface area (Å²) in [7, 11) is 0. The van der Waals surface area contributed by atoms with Gasteiger partial charge in [-0.3, -0.25) is 4.79 Å². The molecule has 0 unspecified atom stereocenters. The van der Waals surface area contributed by atoms with E-state index >= 15 is 0 Å². The Morgan fingerprint density at radius 2 is 2.22 bits per heavy atom. The predicted molar refractivity (Wildman–Crippen MR) is 72.9 cm³/mol. The lowest BCUT2D eigenvalue weighted by Crippen LogP contribution is -2.40. The number of hydrogen-bond acceptors (Lipinski definition) is 3. The first-order valence-corrected chi connectivity index (χ1v) is 7.55. The fourth-order valence-electron chi connectivity index (χ4n) is 2.49. The molecule has 5 heteroatoms. The highest BCUT2D eigenvalue weighted by Crippen LogP contribution is 2.37. The molecule has 100 valence electrons. The Kier molecular flexibility index (Phi) is 4.43. The number of nitrogens with zero attached hydrogens (tertiary/aromatic N) is 1. The number of carbonyl (C=O) groups excluding carboxylic acids is 1. The summed E-state index contributed by atoms with van der Waals surface area (Å²) in [4.78, 5) is 11.9. The summed E-state index contributed by atoms with van der Waals surface area (Å²) < 4.78 is 4.91. The van der Waals surface area contributed by atoms with Gasteiger partial charge in [-0.15, -0.1) is 0 Å². The first kappa shape index (κ1) is 13.6. The topological polar surface area (TPSA) is 55.1 Å². The molecule has 1 saturated carbocycles. The van der Waals surface area contributed by atoms with Gasteiger partial charge in [-0.25, -0.2) is 0 Å². The van der Waals surface area contributed by atoms with E-state index < -0.39 is 0 Å². The van der Waals surface area contributed by atoms with E-state index in [2.05, 4.69) is 26.4 Å². The lowest BCUT2D eigenvalue weighted by Gasteiger charge is -2.35. The van der Waals surface area contributed by atoms with Gasteiger partial charge in [0.05, 0.1) is 0 Å². The van der Waals surface area contributed by atoms with Crippen LogP contribution in [0.15, 0.2) is 10.6 Å². The maximum atomic E-state index is 11.9. The van der Waals surface area contributed by atoms with E-state index in [0.29, 0.717) is 18.0 Å². The molecule has 0 bridgehead atoms. The second-order valence-corrected chi connectivity index (χ2v) is 5.76. The highest BCUT2D eigenvalue weighted by molar-refractivity contribution is 9.09. The van der Waals surface area contributed by atoms with Crippen LogP contribution in [0.25, 0.3) is 0 Å². The van der Waals surface area contributed by atoms with Crippen molar-refractivity contribution in [2.24, 2.45) is 5.41 Å². The summed E-state index contributed by atoms with van der Waals surface area (Å²) in [5.41, 5.74) is 0.584. The van der Waals surface area contributed by atoms with Crippen molar-refractivity contribution in [3.05, 3.63) is 17.5 Å². The molecule has 1 N–H and O–H groups in total. The summed E-state index contributed by atoms with van der Waals surface area (Å²) in [6, 6.07) is 1.66. The zero-order valence-electron chi connectivity index (χ0n) is 10.7. The second kappa shape index (κ2) is 5.87. The Hall–Kier alpha value is -0.840. The van der Waals surface area contributed by atoms with E-state index in [1.165, 1.54) is 32.1 Å². The zero-order valence-corrected chi connectivity index (χ0v) is 12.3. The fourth-order valence-corrected chi connectivity index (χ4v) is 3.25. The number of nitrogens with one attached hydrogen (secondary N) is 1. The molecular formula is C13H19BrN2O2. The molecule has 0 aliphatic heterocycles. The molecule has 4 nitrogen and oxygen atoms in total. The van der Waals surface area contributed by atoms with Gasteiger partial charge >= 0.3 is 0 Å². The summed E-state index contributed by atoms with van der Waals surface area (Å²) in [5.74, 6) is 0.519. The van der Waals surface area contributed by atoms with Gasteiger partial charge in [-0.2, -0.15) is 0 Å². The number of aryl methyl sites for hydroxylation is 1. The van der Waals surface area contributed by atoms with Crippen molar-refractivity contribution in [2.45, 2.75) is 39.0 Å². The number of alkyl halides is 1. The molecule has 18 heavy (non-hydrogen) atoms. The molecule has 0 radical (unpaired) electrons. The van der Waals surface area contributed by atoms with Gasteiger partial charge in [-0.1, -0.05) is 40.3 Å². The predicted octanol–water partition coefficient (Wildman–Crippen LogP) is 3.06. The average molecular weight is 315 g/mol. The normalized spacial score (nSPS) is 18.6. The largest absolute Gasteiger partial charge is 0.361 e. The lowest BCUT2D eigenvalue weighted by atomic mass is 9.75. The van der Waals surface area contributed by atoms with Crippen molar-refractivity contribution in [1.29, 1.82) is 0 Å². The highest BCUT2D eigenvalue weighted by atomic mass is 79.9. The van der Waals surface area contributed by atoms with Crippen LogP contribution in [-0.4, -0.2) is 22.9 Å². The summed E-state index contributed by atoms with van der Waals surface area (Å²) in [5, 5.41) is 7.65. The smallest absolute Gasteiger partial charge is 0.273 e. The Morgan fingerprint density at radius 1 is 1.50 bits per heavy atom. The number of amides is 1. The molecule has 1 heterocycles. The first-order valence-electron chi connectivity index (χ1n) is 6.43. The minimum atomic E-state index is -0.141. The summed E-state index contributed by atoms with van der Waals surface area (Å²) in [6.07, 6.45) is 6.17. The molecule has 1 aliphatic rings. The van der Waals surface area contributed by atoms with Gasteiger partial charge in [0.2, 0.25) is 0 Å². The van der Waals surface area contributed by atoms with E-state index in [-0.39, 0.29) is 11.3 Å². The molecule has 1 aromatic heterocycles. The van der Waals surface area contributed by atoms with Gasteiger partial charge in [0.25, 0.3) is 5.91 Å². The third-order valence-electron chi connectivity index (χ3n) is 3.68. The van der Waals surface area contributed by atoms with Gasteiger partial charge in [-0.05, 0) is 25.2 Å². The average Bonchev–Trinajstić information content (AvgIpc) is 2.84. The molecule has 0 aromatic carbocycles. The summed E-state index contributed by atoms with van der Waals surface area (Å²) >= 11 is 3.59.